The van der Waals surface area contributed by atoms with Crippen LogP contribution in [0.4, 0.5) is 6.01 Å². The molecule has 0 unspecified atom stereocenters. The molecule has 0 amide bonds. The van der Waals surface area contributed by atoms with Crippen LogP contribution in [0.2, 0.25) is 0 Å². The van der Waals surface area contributed by atoms with Gasteiger partial charge in [-0.1, -0.05) is 0 Å². The predicted octanol–water partition coefficient (Wildman–Crippen LogP) is 0.921. The minimum absolute atomic E-state index is 0.528. The third kappa shape index (κ3) is 0.992. The average Bonchev–Trinajstić information content (AvgIpc) is 2.19. The molecule has 0 fully saturated rings. The zero-order chi connectivity index (χ0) is 5.82. The van der Waals surface area contributed by atoms with Crippen LogP contribution in [0.5, 0.6) is 0 Å². The van der Waals surface area contributed by atoms with Crippen LogP contribution in [-0.4, -0.2) is 11.5 Å². The summed E-state index contributed by atoms with van der Waals surface area (Å²) >= 11 is 0. The molecule has 0 spiro atoms. The van der Waals surface area contributed by atoms with Crippen LogP contribution in [0.3, 0.4) is 0 Å². The van der Waals surface area contributed by atoms with E-state index in [0.29, 0.717) is 12.6 Å². The van der Waals surface area contributed by atoms with E-state index in [9.17, 15) is 0 Å². The van der Waals surface area contributed by atoms with Crippen molar-refractivity contribution in [1.82, 2.24) is 4.98 Å². The minimum Gasteiger partial charge on any atom is -0.432 e. The maximum absolute atomic E-state index is 4.81. The van der Waals surface area contributed by atoms with Gasteiger partial charge in [-0.3, -0.25) is 0 Å². The van der Waals surface area contributed by atoms with Crippen LogP contribution in [-0.2, 0) is 0 Å². The van der Waals surface area contributed by atoms with Gasteiger partial charge in [-0.05, 0) is 6.92 Å². The van der Waals surface area contributed by atoms with E-state index >= 15 is 0 Å². The third-order valence-corrected chi connectivity index (χ3v) is 0.709. The first-order valence-electron chi connectivity index (χ1n) is 2.36. The first-order chi connectivity index (χ1) is 3.93. The molecule has 0 aromatic carbocycles. The molecule has 1 aromatic rings. The zero-order valence-electron chi connectivity index (χ0n) is 4.42. The Morgan fingerprint density at radius 2 is 2.75 bits per heavy atom. The molecule has 1 rings (SSSR count). The van der Waals surface area contributed by atoms with Crippen LogP contribution >= 0.6 is 0 Å². The van der Waals surface area contributed by atoms with Crippen LogP contribution in [0, 0.1) is 6.92 Å². The lowest BCUT2D eigenvalue weighted by atomic mass is 10.7. The van der Waals surface area contributed by atoms with Gasteiger partial charge in [-0.15, -0.1) is 0 Å². The first-order valence-corrected chi connectivity index (χ1v) is 2.36. The van der Waals surface area contributed by atoms with Gasteiger partial charge in [0.15, 0.2) is 0 Å². The fourth-order valence-corrected chi connectivity index (χ4v) is 0.418. The van der Waals surface area contributed by atoms with E-state index in [-0.39, 0.29) is 0 Å². The van der Waals surface area contributed by atoms with E-state index in [0.717, 1.165) is 0 Å². The maximum Gasteiger partial charge on any atom is 0.294 e. The summed E-state index contributed by atoms with van der Waals surface area (Å²) in [7, 11) is 0. The Balaban J connectivity index is 2.50. The standard InChI is InChI=1S/C5H7N2O/c1-2-6-5-7-3-4-8-5/h3-4H,1-2H2,(H,6,7). The molecule has 0 aliphatic heterocycles. The lowest BCUT2D eigenvalue weighted by Crippen LogP contribution is -1.95. The van der Waals surface area contributed by atoms with E-state index in [2.05, 4.69) is 17.2 Å². The highest BCUT2D eigenvalue weighted by molar-refractivity contribution is 5.17. The van der Waals surface area contributed by atoms with E-state index in [1.54, 1.807) is 6.20 Å². The van der Waals surface area contributed by atoms with Gasteiger partial charge >= 0.3 is 0 Å². The van der Waals surface area contributed by atoms with Crippen LogP contribution < -0.4 is 5.32 Å². The molecule has 3 heteroatoms. The van der Waals surface area contributed by atoms with E-state index in [4.69, 9.17) is 4.42 Å². The Labute approximate surface area is 47.7 Å². The maximum atomic E-state index is 4.81. The summed E-state index contributed by atoms with van der Waals surface area (Å²) in [6.45, 7) is 4.15. The number of nitrogens with one attached hydrogen (secondary N) is 1. The van der Waals surface area contributed by atoms with Gasteiger partial charge in [0.25, 0.3) is 6.01 Å². The second kappa shape index (κ2) is 2.35. The summed E-state index contributed by atoms with van der Waals surface area (Å²) in [5.41, 5.74) is 0. The lowest BCUT2D eigenvalue weighted by Gasteiger charge is -1.90. The average molecular weight is 111 g/mol. The van der Waals surface area contributed by atoms with Gasteiger partial charge in [0.05, 0.1) is 6.20 Å². The summed E-state index contributed by atoms with van der Waals surface area (Å²) in [5.74, 6) is 0. The Morgan fingerprint density at radius 1 is 1.88 bits per heavy atom. The second-order valence-corrected chi connectivity index (χ2v) is 1.26. The highest BCUT2D eigenvalue weighted by atomic mass is 16.4. The molecule has 8 heavy (non-hydrogen) atoms. The molecule has 1 radical (unpaired) electrons. The number of anilines is 1. The lowest BCUT2D eigenvalue weighted by molar-refractivity contribution is 0.573. The van der Waals surface area contributed by atoms with Crippen molar-refractivity contribution in [2.24, 2.45) is 0 Å². The Hall–Kier alpha value is -0.990. The van der Waals surface area contributed by atoms with Gasteiger partial charge < -0.3 is 9.73 Å². The molecule has 0 saturated carbocycles. The molecule has 0 atom stereocenters. The zero-order valence-corrected chi connectivity index (χ0v) is 4.42. The minimum atomic E-state index is 0.528. The largest absolute Gasteiger partial charge is 0.432 e. The van der Waals surface area contributed by atoms with Crippen LogP contribution in [0.15, 0.2) is 16.9 Å². The molecule has 43 valence electrons. The Morgan fingerprint density at radius 3 is 3.25 bits per heavy atom. The second-order valence-electron chi connectivity index (χ2n) is 1.26. The number of hydrogen-bond donors (Lipinski definition) is 1. The van der Waals surface area contributed by atoms with Crippen molar-refractivity contribution in [3.05, 3.63) is 19.4 Å². The molecular weight excluding hydrogens is 104 g/mol. The van der Waals surface area contributed by atoms with Gasteiger partial charge in [-0.2, -0.15) is 0 Å². The summed E-state index contributed by atoms with van der Waals surface area (Å²) in [4.78, 5) is 3.79. The molecule has 1 N–H and O–H groups in total. The molecular formula is C5H7N2O. The number of nitrogens with zero attached hydrogens (tertiary/aromatic N) is 1. The van der Waals surface area contributed by atoms with Gasteiger partial charge in [0, 0.05) is 6.54 Å². The number of hydrogen-bond acceptors (Lipinski definition) is 3. The van der Waals surface area contributed by atoms with E-state index in [1.165, 1.54) is 6.26 Å². The quantitative estimate of drug-likeness (QED) is 0.616. The van der Waals surface area contributed by atoms with E-state index < -0.39 is 0 Å². The number of oxazole rings is 1. The van der Waals surface area contributed by atoms with Gasteiger partial charge in [0.1, 0.15) is 6.26 Å². The summed E-state index contributed by atoms with van der Waals surface area (Å²) in [5, 5.41) is 2.80. The van der Waals surface area contributed by atoms with Crippen molar-refractivity contribution in [2.45, 2.75) is 0 Å². The predicted molar refractivity (Wildman–Crippen MR) is 30.3 cm³/mol. The Bertz CT molecular complexity index is 136. The molecule has 3 nitrogen and oxygen atoms in total. The molecule has 1 aromatic heterocycles. The normalized spacial score (nSPS) is 9.12. The number of rotatable bonds is 2. The first kappa shape index (κ1) is 5.15. The van der Waals surface area contributed by atoms with Crippen molar-refractivity contribution in [1.29, 1.82) is 0 Å². The van der Waals surface area contributed by atoms with Crippen LogP contribution in [0.1, 0.15) is 0 Å². The van der Waals surface area contributed by atoms with Crippen LogP contribution in [0.25, 0.3) is 0 Å². The molecule has 0 bridgehead atoms. The summed E-state index contributed by atoms with van der Waals surface area (Å²) < 4.78 is 4.81. The highest BCUT2D eigenvalue weighted by Gasteiger charge is 1.88. The molecule has 1 heterocycles. The summed E-state index contributed by atoms with van der Waals surface area (Å²) in [6, 6.07) is 0.528. The smallest absolute Gasteiger partial charge is 0.294 e. The van der Waals surface area contributed by atoms with Gasteiger partial charge in [0.2, 0.25) is 0 Å². The third-order valence-electron chi connectivity index (χ3n) is 0.709. The monoisotopic (exact) mass is 111 g/mol. The van der Waals surface area contributed by atoms with Crippen molar-refractivity contribution in [3.8, 4) is 0 Å². The summed E-state index contributed by atoms with van der Waals surface area (Å²) in [6.07, 6.45) is 3.09. The van der Waals surface area contributed by atoms with Crippen molar-refractivity contribution in [3.63, 3.8) is 0 Å². The fraction of sp³-hybridized carbons (Fsp3) is 0.200. The SMILES string of the molecule is [CH2]CNc1ncco1. The molecule has 0 saturated heterocycles. The van der Waals surface area contributed by atoms with Crippen molar-refractivity contribution in [2.75, 3.05) is 11.9 Å². The molecule has 0 aliphatic carbocycles. The highest BCUT2D eigenvalue weighted by Crippen LogP contribution is 1.98. The number of aromatic nitrogens is 1. The fourth-order valence-electron chi connectivity index (χ4n) is 0.418. The van der Waals surface area contributed by atoms with Gasteiger partial charge in [-0.25, -0.2) is 4.98 Å². The van der Waals surface area contributed by atoms with Crippen molar-refractivity contribution >= 4 is 6.01 Å². The topological polar surface area (TPSA) is 38.1 Å². The van der Waals surface area contributed by atoms with Crippen molar-refractivity contribution < 1.29 is 4.42 Å². The Kier molecular flexibility index (Phi) is 1.51. The molecule has 0 aliphatic rings. The van der Waals surface area contributed by atoms with E-state index in [1.807, 2.05) is 0 Å².